The topological polar surface area (TPSA) is 52.2 Å². The smallest absolute Gasteiger partial charge is 0.161 e. The van der Waals surface area contributed by atoms with E-state index in [2.05, 4.69) is 10.2 Å². The van der Waals surface area contributed by atoms with E-state index in [-0.39, 0.29) is 0 Å². The highest BCUT2D eigenvalue weighted by atomic mass is 35.5. The Kier molecular flexibility index (Phi) is 14.2. The first-order valence-electron chi connectivity index (χ1n) is 11.8. The number of benzene rings is 2. The van der Waals surface area contributed by atoms with E-state index in [0.717, 1.165) is 36.1 Å². The molecule has 0 unspecified atom stereocenters. The van der Waals surface area contributed by atoms with Gasteiger partial charge in [-0.1, -0.05) is 24.3 Å². The molecule has 0 saturated carbocycles. The van der Waals surface area contributed by atoms with Gasteiger partial charge in [0.25, 0.3) is 0 Å². The van der Waals surface area contributed by atoms with Crippen molar-refractivity contribution >= 4 is 11.6 Å². The van der Waals surface area contributed by atoms with Crippen molar-refractivity contribution in [3.8, 4) is 23.0 Å². The van der Waals surface area contributed by atoms with E-state index in [1.54, 1.807) is 14.2 Å². The zero-order chi connectivity index (χ0) is 23.6. The summed E-state index contributed by atoms with van der Waals surface area (Å²) in [5.74, 6) is 3.61. The van der Waals surface area contributed by atoms with Gasteiger partial charge < -0.3 is 24.3 Å². The maximum atomic E-state index is 5.72. The number of nitrogens with zero attached hydrogens (tertiary/aromatic N) is 1. The Morgan fingerprint density at radius 2 is 1.21 bits per heavy atom. The van der Waals surface area contributed by atoms with Crippen LogP contribution in [0.3, 0.4) is 0 Å². The van der Waals surface area contributed by atoms with Gasteiger partial charge >= 0.3 is 0 Å². The first kappa shape index (κ1) is 27.1. The van der Waals surface area contributed by atoms with Gasteiger partial charge in [-0.25, -0.2) is 0 Å². The van der Waals surface area contributed by atoms with Gasteiger partial charge in [-0.2, -0.15) is 0 Å². The summed E-state index contributed by atoms with van der Waals surface area (Å²) in [6.45, 7) is 7.19. The van der Waals surface area contributed by atoms with E-state index in [0.29, 0.717) is 12.5 Å². The van der Waals surface area contributed by atoms with Gasteiger partial charge in [-0.05, 0) is 76.1 Å². The predicted molar refractivity (Wildman–Crippen MR) is 135 cm³/mol. The van der Waals surface area contributed by atoms with Gasteiger partial charge in [0.15, 0.2) is 23.0 Å². The quantitative estimate of drug-likeness (QED) is 0.520. The summed E-state index contributed by atoms with van der Waals surface area (Å²) in [5, 5.41) is 3.22. The fourth-order valence-corrected chi connectivity index (χ4v) is 3.62. The molecule has 4 rings (SSSR count). The maximum absolute atomic E-state index is 5.72. The maximum Gasteiger partial charge on any atom is 0.161 e. The molecule has 2 saturated heterocycles. The highest BCUT2D eigenvalue weighted by Crippen LogP contribution is 2.26. The highest BCUT2D eigenvalue weighted by molar-refractivity contribution is 6.18. The van der Waals surface area contributed by atoms with E-state index in [4.69, 9.17) is 30.5 Å². The van der Waals surface area contributed by atoms with Gasteiger partial charge in [0.1, 0.15) is 13.2 Å². The zero-order valence-corrected chi connectivity index (χ0v) is 20.8. The Morgan fingerprint density at radius 3 is 1.64 bits per heavy atom. The van der Waals surface area contributed by atoms with Crippen LogP contribution in [0.1, 0.15) is 25.7 Å². The summed E-state index contributed by atoms with van der Waals surface area (Å²) in [4.78, 5) is 2.44. The number of rotatable bonds is 9. The fourth-order valence-electron chi connectivity index (χ4n) is 3.54. The minimum absolute atomic E-state index is 0.484. The van der Waals surface area contributed by atoms with Crippen molar-refractivity contribution in [2.45, 2.75) is 25.7 Å². The number of likely N-dealkylation sites (tertiary alicyclic amines) is 1. The molecule has 2 aromatic rings. The van der Waals surface area contributed by atoms with Gasteiger partial charge in [0, 0.05) is 6.54 Å². The van der Waals surface area contributed by atoms with Gasteiger partial charge in [-0.3, -0.25) is 4.90 Å². The Morgan fingerprint density at radius 1 is 0.727 bits per heavy atom. The average Bonchev–Trinajstić information content (AvgIpc) is 3.61. The molecule has 0 radical (unpaired) electrons. The lowest BCUT2D eigenvalue weighted by atomic mass is 10.3. The average molecular weight is 479 g/mol. The van der Waals surface area contributed by atoms with Crippen molar-refractivity contribution in [1.29, 1.82) is 0 Å². The summed E-state index contributed by atoms with van der Waals surface area (Å²) in [5.41, 5.74) is 0. The second-order valence-electron chi connectivity index (χ2n) is 7.69. The minimum atomic E-state index is 0.484. The van der Waals surface area contributed by atoms with Crippen LogP contribution in [0.2, 0.25) is 0 Å². The van der Waals surface area contributed by atoms with E-state index in [1.165, 1.54) is 51.9 Å². The summed E-state index contributed by atoms with van der Waals surface area (Å²) in [6.07, 6.45) is 5.43. The molecular formula is C26H39ClN2O4. The number of hydrogen-bond acceptors (Lipinski definition) is 6. The minimum Gasteiger partial charge on any atom is -0.493 e. The van der Waals surface area contributed by atoms with Gasteiger partial charge in [-0.15, -0.1) is 11.6 Å². The van der Waals surface area contributed by atoms with Crippen LogP contribution in [-0.4, -0.2) is 70.9 Å². The summed E-state index contributed by atoms with van der Waals surface area (Å²) < 4.78 is 21.3. The number of ether oxygens (including phenoxy) is 4. The van der Waals surface area contributed by atoms with Crippen molar-refractivity contribution in [2.24, 2.45) is 0 Å². The second-order valence-corrected chi connectivity index (χ2v) is 8.07. The van der Waals surface area contributed by atoms with E-state index >= 15 is 0 Å². The van der Waals surface area contributed by atoms with Crippen molar-refractivity contribution in [3.05, 3.63) is 48.5 Å². The lowest BCUT2D eigenvalue weighted by Gasteiger charge is -2.15. The first-order chi connectivity index (χ1) is 16.3. The largest absolute Gasteiger partial charge is 0.493 e. The molecular weight excluding hydrogens is 440 g/mol. The predicted octanol–water partition coefficient (Wildman–Crippen LogP) is 4.85. The van der Waals surface area contributed by atoms with E-state index in [1.807, 2.05) is 48.5 Å². The molecule has 2 aromatic carbocycles. The van der Waals surface area contributed by atoms with Crippen molar-refractivity contribution in [2.75, 3.05) is 66.0 Å². The third-order valence-corrected chi connectivity index (χ3v) is 5.45. The molecule has 0 bridgehead atoms. The molecule has 0 amide bonds. The van der Waals surface area contributed by atoms with Crippen LogP contribution in [0, 0.1) is 0 Å². The molecule has 0 aliphatic carbocycles. The monoisotopic (exact) mass is 478 g/mol. The standard InChI is InChI=1S/C13H19NO2.C9H11ClO2.C4H9N/c1-15-12-6-2-3-7-13(12)16-11-10-14-8-4-5-9-14;1-11-8-4-2-3-5-9(8)12-7-6-10;1-2-4-5-3-1/h2-3,6-7H,4-5,8-11H2,1H3;2-5H,6-7H2,1H3;5H,1-4H2. The number of halogens is 1. The number of hydrogen-bond donors (Lipinski definition) is 1. The lowest BCUT2D eigenvalue weighted by Crippen LogP contribution is -2.25. The number of para-hydroxylation sites is 4. The summed E-state index contributed by atoms with van der Waals surface area (Å²) in [7, 11) is 3.28. The zero-order valence-electron chi connectivity index (χ0n) is 20.1. The van der Waals surface area contributed by atoms with Crippen LogP contribution in [-0.2, 0) is 0 Å². The molecule has 1 N–H and O–H groups in total. The Bertz CT molecular complexity index is 745. The number of nitrogens with one attached hydrogen (secondary N) is 1. The molecule has 33 heavy (non-hydrogen) atoms. The molecule has 184 valence electrons. The molecule has 0 aromatic heterocycles. The lowest BCUT2D eigenvalue weighted by molar-refractivity contribution is 0.230. The second kappa shape index (κ2) is 17.3. The molecule has 0 atom stereocenters. The van der Waals surface area contributed by atoms with Crippen LogP contribution in [0.4, 0.5) is 0 Å². The fraction of sp³-hybridized carbons (Fsp3) is 0.538. The van der Waals surface area contributed by atoms with Crippen molar-refractivity contribution < 1.29 is 18.9 Å². The van der Waals surface area contributed by atoms with Crippen LogP contribution < -0.4 is 24.3 Å². The van der Waals surface area contributed by atoms with Gasteiger partial charge in [0.2, 0.25) is 0 Å². The SMILES string of the molecule is C1CCNC1.COc1ccccc1OCCCl.COc1ccccc1OCCN1CCCC1. The molecule has 2 heterocycles. The highest BCUT2D eigenvalue weighted by Gasteiger charge is 2.11. The number of methoxy groups -OCH3 is 2. The van der Waals surface area contributed by atoms with Crippen LogP contribution >= 0.6 is 11.6 Å². The summed E-state index contributed by atoms with van der Waals surface area (Å²) >= 11 is 5.48. The molecule has 2 fully saturated rings. The van der Waals surface area contributed by atoms with Crippen LogP contribution in [0.25, 0.3) is 0 Å². The van der Waals surface area contributed by atoms with Crippen LogP contribution in [0.15, 0.2) is 48.5 Å². The molecule has 2 aliphatic heterocycles. The van der Waals surface area contributed by atoms with Crippen molar-refractivity contribution in [1.82, 2.24) is 10.2 Å². The Labute approximate surface area is 204 Å². The Hall–Kier alpha value is -2.15. The molecule has 7 heteroatoms. The molecule has 0 spiro atoms. The van der Waals surface area contributed by atoms with Crippen molar-refractivity contribution in [3.63, 3.8) is 0 Å². The third-order valence-electron chi connectivity index (χ3n) is 5.29. The summed E-state index contributed by atoms with van der Waals surface area (Å²) in [6, 6.07) is 15.3. The van der Waals surface area contributed by atoms with E-state index in [9.17, 15) is 0 Å². The normalized spacial score (nSPS) is 15.0. The van der Waals surface area contributed by atoms with E-state index < -0.39 is 0 Å². The van der Waals surface area contributed by atoms with Gasteiger partial charge in [0.05, 0.1) is 20.1 Å². The first-order valence-corrected chi connectivity index (χ1v) is 12.3. The number of alkyl halides is 1. The molecule has 2 aliphatic rings. The third kappa shape index (κ3) is 11.0. The Balaban J connectivity index is 0.000000198. The molecule has 6 nitrogen and oxygen atoms in total. The van der Waals surface area contributed by atoms with Crippen LogP contribution in [0.5, 0.6) is 23.0 Å².